The molecule has 0 atom stereocenters. The second kappa shape index (κ2) is 7.81. The molecule has 1 amide bonds. The van der Waals surface area contributed by atoms with Crippen LogP contribution in [0.15, 0.2) is 41.5 Å². The lowest BCUT2D eigenvalue weighted by atomic mass is 10.1. The van der Waals surface area contributed by atoms with Crippen LogP contribution in [0, 0.1) is 6.92 Å². The second-order valence-corrected chi connectivity index (χ2v) is 6.62. The van der Waals surface area contributed by atoms with Gasteiger partial charge in [0.05, 0.1) is 24.8 Å². The molecule has 2 N–H and O–H groups in total. The van der Waals surface area contributed by atoms with Gasteiger partial charge in [-0.05, 0) is 42.8 Å². The van der Waals surface area contributed by atoms with E-state index in [0.717, 1.165) is 27.9 Å². The fourth-order valence-electron chi connectivity index (χ4n) is 2.70. The maximum Gasteiger partial charge on any atom is 0.244 e. The molecule has 0 aliphatic heterocycles. The monoisotopic (exact) mass is 389 g/mol. The van der Waals surface area contributed by atoms with Gasteiger partial charge in [-0.25, -0.2) is 5.43 Å². The zero-order valence-electron chi connectivity index (χ0n) is 14.3. The van der Waals surface area contributed by atoms with Gasteiger partial charge in [-0.3, -0.25) is 4.79 Å². The zero-order valence-corrected chi connectivity index (χ0v) is 15.8. The number of nitrogens with zero attached hydrogens (tertiary/aromatic N) is 1. The average molecular weight is 390 g/mol. The van der Waals surface area contributed by atoms with Crippen molar-refractivity contribution in [3.05, 3.63) is 63.3 Å². The number of hydrogen-bond acceptors (Lipinski definition) is 3. The first-order chi connectivity index (χ1) is 12.5. The Morgan fingerprint density at radius 2 is 2.08 bits per heavy atom. The summed E-state index contributed by atoms with van der Waals surface area (Å²) in [5, 5.41) is 5.94. The first-order valence-corrected chi connectivity index (χ1v) is 8.65. The molecule has 1 heterocycles. The molecule has 3 aromatic rings. The smallest absolute Gasteiger partial charge is 0.244 e. The standard InChI is InChI=1S/C19H17Cl2N3O2/c1-11-15(16-8-14(26-2)5-6-18(16)23-11)9-19(25)24-22-10-12-3-4-13(20)7-17(12)21/h3-8,10,23H,9H2,1-2H3,(H,24,25)/b22-10+. The summed E-state index contributed by atoms with van der Waals surface area (Å²) in [7, 11) is 1.61. The molecule has 7 heteroatoms. The number of aromatic amines is 1. The lowest BCUT2D eigenvalue weighted by Crippen LogP contribution is -2.20. The highest BCUT2D eigenvalue weighted by Crippen LogP contribution is 2.26. The van der Waals surface area contributed by atoms with Crippen molar-refractivity contribution >= 4 is 46.2 Å². The molecule has 0 unspecified atom stereocenters. The quantitative estimate of drug-likeness (QED) is 0.498. The number of amides is 1. The fraction of sp³-hybridized carbons (Fsp3) is 0.158. The van der Waals surface area contributed by atoms with Crippen LogP contribution in [0.5, 0.6) is 5.75 Å². The molecule has 0 saturated heterocycles. The number of H-pyrrole nitrogens is 1. The maximum absolute atomic E-state index is 12.3. The van der Waals surface area contributed by atoms with Gasteiger partial charge in [0.15, 0.2) is 0 Å². The van der Waals surface area contributed by atoms with Gasteiger partial charge in [0, 0.05) is 27.2 Å². The number of methoxy groups -OCH3 is 1. The number of carbonyl (C=O) groups is 1. The lowest BCUT2D eigenvalue weighted by Gasteiger charge is -2.03. The summed E-state index contributed by atoms with van der Waals surface area (Å²) in [6.07, 6.45) is 1.69. The van der Waals surface area contributed by atoms with E-state index in [4.69, 9.17) is 27.9 Å². The van der Waals surface area contributed by atoms with Crippen LogP contribution in [0.4, 0.5) is 0 Å². The van der Waals surface area contributed by atoms with Gasteiger partial charge in [-0.1, -0.05) is 29.3 Å². The molecule has 0 spiro atoms. The maximum atomic E-state index is 12.3. The summed E-state index contributed by atoms with van der Waals surface area (Å²) < 4.78 is 5.27. The minimum atomic E-state index is -0.224. The van der Waals surface area contributed by atoms with E-state index in [-0.39, 0.29) is 12.3 Å². The fourth-order valence-corrected chi connectivity index (χ4v) is 3.15. The van der Waals surface area contributed by atoms with Crippen molar-refractivity contribution in [1.29, 1.82) is 0 Å². The summed E-state index contributed by atoms with van der Waals surface area (Å²) >= 11 is 11.9. The normalized spacial score (nSPS) is 11.2. The number of benzene rings is 2. The largest absolute Gasteiger partial charge is 0.497 e. The van der Waals surface area contributed by atoms with E-state index in [0.29, 0.717) is 15.6 Å². The van der Waals surface area contributed by atoms with Crippen LogP contribution in [0.3, 0.4) is 0 Å². The van der Waals surface area contributed by atoms with Crippen LogP contribution in [-0.2, 0) is 11.2 Å². The van der Waals surface area contributed by atoms with Crippen LogP contribution in [0.25, 0.3) is 10.9 Å². The number of nitrogens with one attached hydrogen (secondary N) is 2. The summed E-state index contributed by atoms with van der Waals surface area (Å²) in [4.78, 5) is 15.5. The molecule has 0 aliphatic rings. The van der Waals surface area contributed by atoms with Crippen molar-refractivity contribution in [2.45, 2.75) is 13.3 Å². The van der Waals surface area contributed by atoms with Crippen molar-refractivity contribution < 1.29 is 9.53 Å². The van der Waals surface area contributed by atoms with E-state index in [1.54, 1.807) is 25.3 Å². The van der Waals surface area contributed by atoms with Gasteiger partial charge in [-0.15, -0.1) is 0 Å². The van der Waals surface area contributed by atoms with Gasteiger partial charge in [0.1, 0.15) is 5.75 Å². The Labute approximate surface area is 161 Å². The molecule has 1 aromatic heterocycles. The summed E-state index contributed by atoms with van der Waals surface area (Å²) in [5.41, 5.74) is 6.01. The Kier molecular flexibility index (Phi) is 5.49. The number of rotatable bonds is 5. The Balaban J connectivity index is 1.73. The predicted molar refractivity (Wildman–Crippen MR) is 105 cm³/mol. The van der Waals surface area contributed by atoms with Crippen molar-refractivity contribution in [3.63, 3.8) is 0 Å². The molecular formula is C19H17Cl2N3O2. The lowest BCUT2D eigenvalue weighted by molar-refractivity contribution is -0.120. The van der Waals surface area contributed by atoms with E-state index in [2.05, 4.69) is 15.5 Å². The van der Waals surface area contributed by atoms with E-state index in [1.807, 2.05) is 25.1 Å². The summed E-state index contributed by atoms with van der Waals surface area (Å²) in [6, 6.07) is 10.8. The van der Waals surface area contributed by atoms with Crippen molar-refractivity contribution in [1.82, 2.24) is 10.4 Å². The number of carbonyl (C=O) groups excluding carboxylic acids is 1. The average Bonchev–Trinajstić information content (AvgIpc) is 2.91. The van der Waals surface area contributed by atoms with Gasteiger partial charge in [0.25, 0.3) is 0 Å². The highest BCUT2D eigenvalue weighted by atomic mass is 35.5. The van der Waals surface area contributed by atoms with Crippen molar-refractivity contribution in [2.24, 2.45) is 5.10 Å². The molecular weight excluding hydrogens is 373 g/mol. The van der Waals surface area contributed by atoms with Gasteiger partial charge < -0.3 is 9.72 Å². The minimum absolute atomic E-state index is 0.199. The van der Waals surface area contributed by atoms with E-state index >= 15 is 0 Å². The molecule has 26 heavy (non-hydrogen) atoms. The molecule has 5 nitrogen and oxygen atoms in total. The van der Waals surface area contributed by atoms with Crippen molar-refractivity contribution in [2.75, 3.05) is 7.11 Å². The van der Waals surface area contributed by atoms with E-state index in [1.165, 1.54) is 6.21 Å². The number of ether oxygens (including phenoxy) is 1. The molecule has 0 bridgehead atoms. The third-order valence-corrected chi connectivity index (χ3v) is 4.58. The van der Waals surface area contributed by atoms with E-state index in [9.17, 15) is 4.79 Å². The Bertz CT molecular complexity index is 996. The van der Waals surface area contributed by atoms with Crippen LogP contribution in [0.1, 0.15) is 16.8 Å². The molecule has 3 rings (SSSR count). The van der Waals surface area contributed by atoms with Crippen molar-refractivity contribution in [3.8, 4) is 5.75 Å². The number of fused-ring (bicyclic) bond motifs is 1. The minimum Gasteiger partial charge on any atom is -0.497 e. The SMILES string of the molecule is COc1ccc2[nH]c(C)c(CC(=O)N/N=C/c3ccc(Cl)cc3Cl)c2c1. The number of hydrazone groups is 1. The molecule has 0 saturated carbocycles. The summed E-state index contributed by atoms with van der Waals surface area (Å²) in [6.45, 7) is 1.94. The number of halogens is 2. The highest BCUT2D eigenvalue weighted by Gasteiger charge is 2.13. The zero-order chi connectivity index (χ0) is 18.7. The third kappa shape index (κ3) is 4.00. The number of aryl methyl sites for hydroxylation is 1. The van der Waals surface area contributed by atoms with Gasteiger partial charge >= 0.3 is 0 Å². The first-order valence-electron chi connectivity index (χ1n) is 7.90. The third-order valence-electron chi connectivity index (χ3n) is 4.02. The number of aromatic nitrogens is 1. The van der Waals surface area contributed by atoms with Crippen LogP contribution in [0.2, 0.25) is 10.0 Å². The van der Waals surface area contributed by atoms with Crippen LogP contribution < -0.4 is 10.2 Å². The van der Waals surface area contributed by atoms with Crippen LogP contribution in [-0.4, -0.2) is 24.2 Å². The predicted octanol–water partition coefficient (Wildman–Crippen LogP) is 4.48. The molecule has 0 radical (unpaired) electrons. The highest BCUT2D eigenvalue weighted by molar-refractivity contribution is 6.36. The first kappa shape index (κ1) is 18.3. The van der Waals surface area contributed by atoms with Gasteiger partial charge in [0.2, 0.25) is 5.91 Å². The summed E-state index contributed by atoms with van der Waals surface area (Å²) in [5.74, 6) is 0.520. The van der Waals surface area contributed by atoms with E-state index < -0.39 is 0 Å². The molecule has 134 valence electrons. The van der Waals surface area contributed by atoms with Gasteiger partial charge in [-0.2, -0.15) is 5.10 Å². The molecule has 2 aromatic carbocycles. The second-order valence-electron chi connectivity index (χ2n) is 5.78. The topological polar surface area (TPSA) is 66.5 Å². The number of hydrogen-bond donors (Lipinski definition) is 2. The van der Waals surface area contributed by atoms with Crippen LogP contribution >= 0.6 is 23.2 Å². The Hall–Kier alpha value is -2.50. The Morgan fingerprint density at radius 3 is 2.81 bits per heavy atom. The Morgan fingerprint density at radius 1 is 1.27 bits per heavy atom. The molecule has 0 aliphatic carbocycles. The molecule has 0 fully saturated rings.